The first-order valence-corrected chi connectivity index (χ1v) is 6.41. The van der Waals surface area contributed by atoms with E-state index in [4.69, 9.17) is 10.8 Å². The average molecular weight is 248 g/mol. The molecule has 0 bridgehead atoms. The smallest absolute Gasteiger partial charge is 0.254 e. The zero-order valence-corrected chi connectivity index (χ0v) is 10.7. The number of amides is 1. The lowest BCUT2D eigenvalue weighted by Crippen LogP contribution is -2.45. The number of nitrogens with zero attached hydrogens (tertiary/aromatic N) is 1. The summed E-state index contributed by atoms with van der Waals surface area (Å²) in [5.74, 6) is -0.0274. The van der Waals surface area contributed by atoms with Crippen LogP contribution in [0.15, 0.2) is 18.2 Å². The molecule has 0 aliphatic heterocycles. The second kappa shape index (κ2) is 5.40. The monoisotopic (exact) mass is 248 g/mol. The summed E-state index contributed by atoms with van der Waals surface area (Å²) in [6.45, 7) is 2.32. The average Bonchev–Trinajstić information content (AvgIpc) is 2.29. The molecule has 1 amide bonds. The molecule has 0 spiro atoms. The van der Waals surface area contributed by atoms with Crippen molar-refractivity contribution in [2.45, 2.75) is 32.2 Å². The van der Waals surface area contributed by atoms with Crippen molar-refractivity contribution >= 4 is 11.6 Å². The predicted molar refractivity (Wildman–Crippen MR) is 71.4 cm³/mol. The molecule has 0 heterocycles. The minimum Gasteiger partial charge on any atom is -0.398 e. The van der Waals surface area contributed by atoms with Crippen LogP contribution in [0.5, 0.6) is 0 Å². The summed E-state index contributed by atoms with van der Waals surface area (Å²) >= 11 is 0. The SMILES string of the molecule is Cc1ccc(C(=O)N(CCO)C2CCC2)cc1N. The van der Waals surface area contributed by atoms with Gasteiger partial charge in [0.25, 0.3) is 5.91 Å². The van der Waals surface area contributed by atoms with Crippen LogP contribution >= 0.6 is 0 Å². The third-order valence-electron chi connectivity index (χ3n) is 3.64. The standard InChI is InChI=1S/C14H20N2O2/c1-10-5-6-11(9-13(10)15)14(18)16(7-8-17)12-3-2-4-12/h5-6,9,12,17H,2-4,7-8,15H2,1H3. The quantitative estimate of drug-likeness (QED) is 0.795. The van der Waals surface area contributed by atoms with Gasteiger partial charge < -0.3 is 15.7 Å². The molecule has 2 rings (SSSR count). The van der Waals surface area contributed by atoms with Crippen LogP contribution in [-0.4, -0.2) is 35.1 Å². The number of hydrogen-bond donors (Lipinski definition) is 2. The van der Waals surface area contributed by atoms with Gasteiger partial charge in [0.15, 0.2) is 0 Å². The topological polar surface area (TPSA) is 66.6 Å². The lowest BCUT2D eigenvalue weighted by molar-refractivity contribution is 0.0526. The zero-order valence-electron chi connectivity index (χ0n) is 10.7. The number of aliphatic hydroxyl groups excluding tert-OH is 1. The minimum atomic E-state index is -0.0274. The van der Waals surface area contributed by atoms with E-state index in [1.165, 1.54) is 0 Å². The van der Waals surface area contributed by atoms with Crippen molar-refractivity contribution in [2.24, 2.45) is 0 Å². The van der Waals surface area contributed by atoms with E-state index in [-0.39, 0.29) is 18.6 Å². The summed E-state index contributed by atoms with van der Waals surface area (Å²) in [6, 6.07) is 5.67. The largest absolute Gasteiger partial charge is 0.398 e. The molecule has 0 saturated heterocycles. The fraction of sp³-hybridized carbons (Fsp3) is 0.500. The van der Waals surface area contributed by atoms with Crippen molar-refractivity contribution in [1.29, 1.82) is 0 Å². The van der Waals surface area contributed by atoms with Crippen LogP contribution in [0.25, 0.3) is 0 Å². The Hall–Kier alpha value is -1.55. The van der Waals surface area contributed by atoms with Crippen molar-refractivity contribution in [3.63, 3.8) is 0 Å². The number of benzene rings is 1. The molecule has 4 heteroatoms. The van der Waals surface area contributed by atoms with E-state index in [2.05, 4.69) is 0 Å². The maximum atomic E-state index is 12.4. The Bertz CT molecular complexity index is 441. The second-order valence-electron chi connectivity index (χ2n) is 4.88. The van der Waals surface area contributed by atoms with Gasteiger partial charge in [-0.2, -0.15) is 0 Å². The molecule has 1 aliphatic carbocycles. The normalized spacial score (nSPS) is 15.2. The molecule has 0 aromatic heterocycles. The first kappa shape index (κ1) is 12.9. The lowest BCUT2D eigenvalue weighted by Gasteiger charge is -2.37. The van der Waals surface area contributed by atoms with Crippen LogP contribution in [0.4, 0.5) is 5.69 Å². The van der Waals surface area contributed by atoms with Gasteiger partial charge in [-0.1, -0.05) is 6.07 Å². The van der Waals surface area contributed by atoms with Gasteiger partial charge >= 0.3 is 0 Å². The van der Waals surface area contributed by atoms with Crippen molar-refractivity contribution in [3.05, 3.63) is 29.3 Å². The van der Waals surface area contributed by atoms with Crippen molar-refractivity contribution in [1.82, 2.24) is 4.90 Å². The summed E-state index contributed by atoms with van der Waals surface area (Å²) in [4.78, 5) is 14.2. The van der Waals surface area contributed by atoms with Gasteiger partial charge in [0, 0.05) is 23.8 Å². The number of carbonyl (C=O) groups is 1. The van der Waals surface area contributed by atoms with Crippen LogP contribution in [0.2, 0.25) is 0 Å². The molecule has 1 saturated carbocycles. The summed E-state index contributed by atoms with van der Waals surface area (Å²) in [5, 5.41) is 9.08. The third-order valence-corrected chi connectivity index (χ3v) is 3.64. The Kier molecular flexibility index (Phi) is 3.87. The van der Waals surface area contributed by atoms with Gasteiger partial charge in [0.1, 0.15) is 0 Å². The lowest BCUT2D eigenvalue weighted by atomic mass is 9.91. The predicted octanol–water partition coefficient (Wildman–Crippen LogP) is 1.56. The molecule has 0 atom stereocenters. The molecule has 1 aliphatic rings. The van der Waals surface area contributed by atoms with Gasteiger partial charge in [0.05, 0.1) is 6.61 Å². The number of nitrogens with two attached hydrogens (primary N) is 1. The van der Waals surface area contributed by atoms with Crippen LogP contribution in [0.3, 0.4) is 0 Å². The summed E-state index contributed by atoms with van der Waals surface area (Å²) in [7, 11) is 0. The highest BCUT2D eigenvalue weighted by atomic mass is 16.3. The Balaban J connectivity index is 2.18. The summed E-state index contributed by atoms with van der Waals surface area (Å²) in [5.41, 5.74) is 8.06. The molecule has 1 aromatic rings. The molecule has 0 unspecified atom stereocenters. The van der Waals surface area contributed by atoms with Gasteiger partial charge in [-0.3, -0.25) is 4.79 Å². The van der Waals surface area contributed by atoms with Crippen molar-refractivity contribution < 1.29 is 9.90 Å². The third kappa shape index (κ3) is 2.48. The van der Waals surface area contributed by atoms with E-state index in [9.17, 15) is 4.79 Å². The van der Waals surface area contributed by atoms with E-state index < -0.39 is 0 Å². The number of aryl methyl sites for hydroxylation is 1. The van der Waals surface area contributed by atoms with Crippen molar-refractivity contribution in [3.8, 4) is 0 Å². The summed E-state index contributed by atoms with van der Waals surface area (Å²) < 4.78 is 0. The minimum absolute atomic E-state index is 0.00356. The fourth-order valence-electron chi connectivity index (χ4n) is 2.20. The van der Waals surface area contributed by atoms with Crippen LogP contribution in [-0.2, 0) is 0 Å². The van der Waals surface area contributed by atoms with E-state index in [0.717, 1.165) is 24.8 Å². The number of nitrogen functional groups attached to an aromatic ring is 1. The Labute approximate surface area is 107 Å². The fourth-order valence-corrected chi connectivity index (χ4v) is 2.20. The van der Waals surface area contributed by atoms with E-state index >= 15 is 0 Å². The molecule has 98 valence electrons. The van der Waals surface area contributed by atoms with Gasteiger partial charge in [-0.15, -0.1) is 0 Å². The molecule has 1 fully saturated rings. The highest BCUT2D eigenvalue weighted by Gasteiger charge is 2.28. The zero-order chi connectivity index (χ0) is 13.1. The maximum Gasteiger partial charge on any atom is 0.254 e. The Morgan fingerprint density at radius 1 is 1.50 bits per heavy atom. The molecule has 0 radical (unpaired) electrons. The van der Waals surface area contributed by atoms with Gasteiger partial charge in [0.2, 0.25) is 0 Å². The number of hydrogen-bond acceptors (Lipinski definition) is 3. The van der Waals surface area contributed by atoms with Crippen LogP contribution in [0.1, 0.15) is 35.2 Å². The van der Waals surface area contributed by atoms with Crippen molar-refractivity contribution in [2.75, 3.05) is 18.9 Å². The second-order valence-corrected chi connectivity index (χ2v) is 4.88. The molecular formula is C14H20N2O2. The number of carbonyl (C=O) groups excluding carboxylic acids is 1. The molecule has 3 N–H and O–H groups in total. The van der Waals surface area contributed by atoms with Crippen LogP contribution < -0.4 is 5.73 Å². The van der Waals surface area contributed by atoms with Gasteiger partial charge in [-0.05, 0) is 43.9 Å². The van der Waals surface area contributed by atoms with Gasteiger partial charge in [-0.25, -0.2) is 0 Å². The highest BCUT2D eigenvalue weighted by Crippen LogP contribution is 2.26. The highest BCUT2D eigenvalue weighted by molar-refractivity contribution is 5.95. The number of aliphatic hydroxyl groups is 1. The molecule has 18 heavy (non-hydrogen) atoms. The Morgan fingerprint density at radius 3 is 2.72 bits per heavy atom. The maximum absolute atomic E-state index is 12.4. The van der Waals surface area contributed by atoms with E-state index in [1.807, 2.05) is 13.0 Å². The molecule has 1 aromatic carbocycles. The number of rotatable bonds is 4. The summed E-state index contributed by atoms with van der Waals surface area (Å²) in [6.07, 6.45) is 3.23. The van der Waals surface area contributed by atoms with E-state index in [1.54, 1.807) is 17.0 Å². The number of anilines is 1. The molecule has 4 nitrogen and oxygen atoms in total. The first-order chi connectivity index (χ1) is 8.63. The first-order valence-electron chi connectivity index (χ1n) is 6.41. The Morgan fingerprint density at radius 2 is 2.22 bits per heavy atom. The van der Waals surface area contributed by atoms with Crippen LogP contribution in [0, 0.1) is 6.92 Å². The van der Waals surface area contributed by atoms with E-state index in [0.29, 0.717) is 17.8 Å². The molecular weight excluding hydrogens is 228 g/mol.